The second-order valence-corrected chi connectivity index (χ2v) is 15.6. The molecule has 5 nitrogen and oxygen atoms in total. The van der Waals surface area contributed by atoms with Crippen LogP contribution in [0.2, 0.25) is 0 Å². The fraction of sp³-hybridized carbons (Fsp3) is 0.170. The quantitative estimate of drug-likeness (QED) is 0.187. The van der Waals surface area contributed by atoms with E-state index >= 15 is 0 Å². The van der Waals surface area contributed by atoms with E-state index in [1.54, 1.807) is 0 Å². The minimum absolute atomic E-state index is 0.102. The summed E-state index contributed by atoms with van der Waals surface area (Å²) in [5.74, 6) is 1.88. The molecule has 9 aromatic rings. The van der Waals surface area contributed by atoms with Crippen molar-refractivity contribution in [3.05, 3.63) is 151 Å². The Morgan fingerprint density at radius 2 is 1.02 bits per heavy atom. The summed E-state index contributed by atoms with van der Waals surface area (Å²) < 4.78 is 4.73. The first-order valence-corrected chi connectivity index (χ1v) is 18.3. The Kier molecular flexibility index (Phi) is 6.63. The van der Waals surface area contributed by atoms with E-state index in [1.807, 2.05) is 36.4 Å². The van der Waals surface area contributed by atoms with Crippen LogP contribution in [0.4, 0.5) is 0 Å². The third-order valence-electron chi connectivity index (χ3n) is 11.5. The molecule has 0 spiro atoms. The zero-order valence-corrected chi connectivity index (χ0v) is 29.9. The first-order valence-electron chi connectivity index (χ1n) is 18.3. The van der Waals surface area contributed by atoms with Gasteiger partial charge in [-0.25, -0.2) is 4.98 Å². The summed E-state index contributed by atoms with van der Waals surface area (Å²) in [7, 11) is 0. The Labute approximate surface area is 303 Å². The number of aromatic nitrogens is 5. The Hall–Kier alpha value is -6.07. The molecular weight excluding hydrogens is 635 g/mol. The summed E-state index contributed by atoms with van der Waals surface area (Å²) in [5, 5.41) is 4.72. The molecule has 52 heavy (non-hydrogen) atoms. The molecular formula is C47H39N5. The number of fused-ring (bicyclic) bond motifs is 8. The zero-order valence-electron chi connectivity index (χ0n) is 29.9. The van der Waals surface area contributed by atoms with Gasteiger partial charge in [-0.05, 0) is 65.1 Å². The van der Waals surface area contributed by atoms with Crippen LogP contribution in [0, 0.1) is 0 Å². The average Bonchev–Trinajstić information content (AvgIpc) is 3.70. The molecule has 252 valence electrons. The molecule has 0 N–H and O–H groups in total. The number of rotatable bonds is 4. The summed E-state index contributed by atoms with van der Waals surface area (Å²) in [6.07, 6.45) is 2.37. The summed E-state index contributed by atoms with van der Waals surface area (Å²) >= 11 is 0. The van der Waals surface area contributed by atoms with E-state index < -0.39 is 0 Å². The van der Waals surface area contributed by atoms with Crippen LogP contribution in [0.25, 0.3) is 78.0 Å². The van der Waals surface area contributed by atoms with Gasteiger partial charge in [-0.3, -0.25) is 4.57 Å². The van der Waals surface area contributed by atoms with Crippen LogP contribution in [-0.4, -0.2) is 24.1 Å². The van der Waals surface area contributed by atoms with E-state index in [1.165, 1.54) is 51.3 Å². The van der Waals surface area contributed by atoms with E-state index in [4.69, 9.17) is 15.0 Å². The van der Waals surface area contributed by atoms with Crippen LogP contribution in [0.1, 0.15) is 51.7 Å². The highest BCUT2D eigenvalue weighted by atomic mass is 15.2. The molecule has 10 rings (SSSR count). The van der Waals surface area contributed by atoms with Gasteiger partial charge in [-0.1, -0.05) is 137 Å². The molecule has 0 atom stereocenters. The number of benzene rings is 6. The van der Waals surface area contributed by atoms with Crippen molar-refractivity contribution in [3.63, 3.8) is 0 Å². The molecule has 0 unspecified atom stereocenters. The molecule has 5 heteroatoms. The van der Waals surface area contributed by atoms with Gasteiger partial charge in [0.05, 0.1) is 22.1 Å². The van der Waals surface area contributed by atoms with Crippen molar-refractivity contribution < 1.29 is 0 Å². The zero-order chi connectivity index (χ0) is 35.2. The van der Waals surface area contributed by atoms with Gasteiger partial charge in [-0.15, -0.1) is 0 Å². The standard InChI is InChI=1S/C47H39N5/c1-46(2)27-28-47(3,4)37-29-32(23-25-36(37)46)51-39-22-14-12-20-35(39)41-40(51)26-24-34-33-19-11-13-21-38(33)52(42(34)41)45-49-43(30-15-7-5-8-16-30)48-44(50-45)31-17-9-6-10-18-31/h5-26,29H,27-28H2,1-4H3. The largest absolute Gasteiger partial charge is 0.309 e. The molecule has 0 saturated carbocycles. The van der Waals surface area contributed by atoms with Crippen LogP contribution in [0.15, 0.2) is 140 Å². The minimum Gasteiger partial charge on any atom is -0.309 e. The van der Waals surface area contributed by atoms with E-state index in [0.717, 1.165) is 33.1 Å². The maximum Gasteiger partial charge on any atom is 0.238 e. The maximum absolute atomic E-state index is 5.24. The van der Waals surface area contributed by atoms with E-state index in [0.29, 0.717) is 17.6 Å². The smallest absolute Gasteiger partial charge is 0.238 e. The summed E-state index contributed by atoms with van der Waals surface area (Å²) in [6.45, 7) is 9.59. The third kappa shape index (κ3) is 4.58. The predicted octanol–water partition coefficient (Wildman–Crippen LogP) is 11.7. The lowest BCUT2D eigenvalue weighted by Crippen LogP contribution is -2.33. The predicted molar refractivity (Wildman–Crippen MR) is 215 cm³/mol. The van der Waals surface area contributed by atoms with Gasteiger partial charge in [0.2, 0.25) is 5.95 Å². The van der Waals surface area contributed by atoms with Gasteiger partial charge in [0.25, 0.3) is 0 Å². The van der Waals surface area contributed by atoms with Crippen LogP contribution in [-0.2, 0) is 10.8 Å². The van der Waals surface area contributed by atoms with Crippen molar-refractivity contribution in [1.82, 2.24) is 24.1 Å². The number of para-hydroxylation sites is 2. The summed E-state index contributed by atoms with van der Waals surface area (Å²) in [5.41, 5.74) is 10.8. The lowest BCUT2D eigenvalue weighted by atomic mass is 9.63. The molecule has 0 radical (unpaired) electrons. The molecule has 3 aromatic heterocycles. The van der Waals surface area contributed by atoms with Gasteiger partial charge in [0.15, 0.2) is 11.6 Å². The second-order valence-electron chi connectivity index (χ2n) is 15.6. The minimum atomic E-state index is 0.102. The van der Waals surface area contributed by atoms with Crippen molar-refractivity contribution in [2.24, 2.45) is 0 Å². The first-order chi connectivity index (χ1) is 25.3. The topological polar surface area (TPSA) is 48.5 Å². The molecule has 0 saturated heterocycles. The molecule has 1 aliphatic rings. The second kappa shape index (κ2) is 11.2. The molecule has 1 aliphatic carbocycles. The van der Waals surface area contributed by atoms with E-state index in [-0.39, 0.29) is 10.8 Å². The highest BCUT2D eigenvalue weighted by molar-refractivity contribution is 6.26. The van der Waals surface area contributed by atoms with Gasteiger partial charge < -0.3 is 4.57 Å². The van der Waals surface area contributed by atoms with Gasteiger partial charge in [0, 0.05) is 38.4 Å². The number of hydrogen-bond acceptors (Lipinski definition) is 3. The molecule has 0 amide bonds. The molecule has 0 aliphatic heterocycles. The third-order valence-corrected chi connectivity index (χ3v) is 11.5. The van der Waals surface area contributed by atoms with E-state index in [2.05, 4.69) is 140 Å². The monoisotopic (exact) mass is 673 g/mol. The highest BCUT2D eigenvalue weighted by Gasteiger charge is 2.37. The van der Waals surface area contributed by atoms with Crippen LogP contribution >= 0.6 is 0 Å². The fourth-order valence-corrected chi connectivity index (χ4v) is 8.61. The lowest BCUT2D eigenvalue weighted by molar-refractivity contribution is 0.332. The Morgan fingerprint density at radius 1 is 0.462 bits per heavy atom. The van der Waals surface area contributed by atoms with Crippen LogP contribution < -0.4 is 0 Å². The Balaban J connectivity index is 1.32. The van der Waals surface area contributed by atoms with Gasteiger partial charge in [0.1, 0.15) is 0 Å². The van der Waals surface area contributed by atoms with Crippen molar-refractivity contribution in [2.45, 2.75) is 51.4 Å². The summed E-state index contributed by atoms with van der Waals surface area (Å²) in [6, 6.07) is 49.6. The lowest BCUT2D eigenvalue weighted by Gasteiger charge is -2.42. The van der Waals surface area contributed by atoms with Gasteiger partial charge in [-0.2, -0.15) is 9.97 Å². The normalized spacial score (nSPS) is 15.1. The van der Waals surface area contributed by atoms with Crippen LogP contribution in [0.5, 0.6) is 0 Å². The average molecular weight is 674 g/mol. The Bertz CT molecular complexity index is 2780. The van der Waals surface area contributed by atoms with Crippen molar-refractivity contribution in [2.75, 3.05) is 0 Å². The van der Waals surface area contributed by atoms with Crippen molar-refractivity contribution in [1.29, 1.82) is 0 Å². The van der Waals surface area contributed by atoms with Gasteiger partial charge >= 0.3 is 0 Å². The molecule has 6 aromatic carbocycles. The van der Waals surface area contributed by atoms with Crippen molar-refractivity contribution >= 4 is 43.6 Å². The molecule has 0 fully saturated rings. The maximum atomic E-state index is 5.24. The number of nitrogens with zero attached hydrogens (tertiary/aromatic N) is 5. The molecule has 0 bridgehead atoms. The van der Waals surface area contributed by atoms with E-state index in [9.17, 15) is 0 Å². The van der Waals surface area contributed by atoms with Crippen LogP contribution in [0.3, 0.4) is 0 Å². The highest BCUT2D eigenvalue weighted by Crippen LogP contribution is 2.47. The Morgan fingerprint density at radius 3 is 1.67 bits per heavy atom. The summed E-state index contributed by atoms with van der Waals surface area (Å²) in [4.78, 5) is 15.5. The number of hydrogen-bond donors (Lipinski definition) is 0. The van der Waals surface area contributed by atoms with Crippen molar-refractivity contribution in [3.8, 4) is 34.4 Å². The SMILES string of the molecule is CC1(C)CCC(C)(C)c2cc(-n3c4ccccc4c4c3ccc3c5ccccc5n(-c5nc(-c6ccccc6)nc(-c6ccccc6)n5)c34)ccc21. The molecule has 3 heterocycles. The fourth-order valence-electron chi connectivity index (χ4n) is 8.61. The first kappa shape index (κ1) is 30.7.